The van der Waals surface area contributed by atoms with Crippen molar-refractivity contribution < 1.29 is 4.74 Å². The Bertz CT molecular complexity index is 191. The summed E-state index contributed by atoms with van der Waals surface area (Å²) < 4.78 is 5.72. The molecule has 1 saturated carbocycles. The van der Waals surface area contributed by atoms with E-state index >= 15 is 0 Å². The number of nitrogens with one attached hydrogen (secondary N) is 1. The molecule has 0 aromatic rings. The molecular formula is C13H27NOS. The SMILES string of the molecule is CSC1CCCCC1NCCOC(C)(C)C. The molecule has 2 atom stereocenters. The average Bonchev–Trinajstić information content (AvgIpc) is 2.23. The zero-order valence-corrected chi connectivity index (χ0v) is 12.0. The molecule has 0 saturated heterocycles. The molecule has 3 heteroatoms. The lowest BCUT2D eigenvalue weighted by atomic mass is 9.95. The molecule has 0 spiro atoms. The van der Waals surface area contributed by atoms with Crippen LogP contribution in [0.2, 0.25) is 0 Å². The van der Waals surface area contributed by atoms with Crippen molar-refractivity contribution in [3.8, 4) is 0 Å². The normalized spacial score (nSPS) is 27.0. The summed E-state index contributed by atoms with van der Waals surface area (Å²) in [6.45, 7) is 8.13. The highest BCUT2D eigenvalue weighted by Gasteiger charge is 2.23. The van der Waals surface area contributed by atoms with Gasteiger partial charge in [-0.2, -0.15) is 11.8 Å². The third-order valence-corrected chi connectivity index (χ3v) is 4.22. The summed E-state index contributed by atoms with van der Waals surface area (Å²) >= 11 is 2.01. The molecule has 0 radical (unpaired) electrons. The number of hydrogen-bond donors (Lipinski definition) is 1. The van der Waals surface area contributed by atoms with Gasteiger partial charge in [0.05, 0.1) is 12.2 Å². The fourth-order valence-corrected chi connectivity index (χ4v) is 3.18. The van der Waals surface area contributed by atoms with Gasteiger partial charge in [-0.25, -0.2) is 0 Å². The van der Waals surface area contributed by atoms with Crippen LogP contribution in [0.5, 0.6) is 0 Å². The van der Waals surface area contributed by atoms with E-state index in [0.29, 0.717) is 6.04 Å². The molecule has 0 aliphatic heterocycles. The molecule has 1 N–H and O–H groups in total. The molecular weight excluding hydrogens is 218 g/mol. The third-order valence-electron chi connectivity index (χ3n) is 3.05. The van der Waals surface area contributed by atoms with E-state index in [0.717, 1.165) is 18.4 Å². The van der Waals surface area contributed by atoms with E-state index in [1.807, 2.05) is 11.8 Å². The number of ether oxygens (including phenoxy) is 1. The standard InChI is InChI=1S/C13H27NOS/c1-13(2,3)15-10-9-14-11-7-5-6-8-12(11)16-4/h11-12,14H,5-10H2,1-4H3. The van der Waals surface area contributed by atoms with Crippen molar-refractivity contribution in [1.82, 2.24) is 5.32 Å². The Labute approximate surface area is 105 Å². The van der Waals surface area contributed by atoms with E-state index in [1.54, 1.807) is 0 Å². The smallest absolute Gasteiger partial charge is 0.0599 e. The highest BCUT2D eigenvalue weighted by molar-refractivity contribution is 7.99. The lowest BCUT2D eigenvalue weighted by Gasteiger charge is -2.31. The summed E-state index contributed by atoms with van der Waals surface area (Å²) in [5.41, 5.74) is -0.00679. The fourth-order valence-electron chi connectivity index (χ4n) is 2.21. The van der Waals surface area contributed by atoms with Gasteiger partial charge in [-0.15, -0.1) is 0 Å². The molecule has 0 heterocycles. The first-order valence-corrected chi connectivity index (χ1v) is 7.72. The van der Waals surface area contributed by atoms with Gasteiger partial charge >= 0.3 is 0 Å². The predicted molar refractivity (Wildman–Crippen MR) is 73.3 cm³/mol. The average molecular weight is 245 g/mol. The van der Waals surface area contributed by atoms with Crippen LogP contribution in [-0.2, 0) is 4.74 Å². The minimum atomic E-state index is -0.00679. The molecule has 1 aliphatic carbocycles. The van der Waals surface area contributed by atoms with Crippen LogP contribution in [-0.4, -0.2) is 36.3 Å². The van der Waals surface area contributed by atoms with Crippen molar-refractivity contribution in [2.24, 2.45) is 0 Å². The van der Waals surface area contributed by atoms with E-state index in [-0.39, 0.29) is 5.60 Å². The Kier molecular flexibility index (Phi) is 6.16. The van der Waals surface area contributed by atoms with Crippen molar-refractivity contribution in [2.75, 3.05) is 19.4 Å². The Morgan fingerprint density at radius 1 is 1.25 bits per heavy atom. The monoisotopic (exact) mass is 245 g/mol. The second-order valence-corrected chi connectivity index (χ2v) is 6.66. The van der Waals surface area contributed by atoms with Gasteiger partial charge in [0.2, 0.25) is 0 Å². The first kappa shape index (κ1) is 14.3. The lowest BCUT2D eigenvalue weighted by molar-refractivity contribution is -0.00188. The van der Waals surface area contributed by atoms with Gasteiger partial charge in [-0.05, 0) is 39.9 Å². The molecule has 96 valence electrons. The predicted octanol–water partition coefficient (Wildman–Crippen LogP) is 3.07. The molecule has 1 aliphatic rings. The van der Waals surface area contributed by atoms with Crippen molar-refractivity contribution >= 4 is 11.8 Å². The topological polar surface area (TPSA) is 21.3 Å². The van der Waals surface area contributed by atoms with Crippen LogP contribution in [0.4, 0.5) is 0 Å². The Balaban J connectivity index is 2.15. The number of hydrogen-bond acceptors (Lipinski definition) is 3. The van der Waals surface area contributed by atoms with E-state index in [2.05, 4.69) is 32.3 Å². The Morgan fingerprint density at radius 3 is 2.56 bits per heavy atom. The fraction of sp³-hybridized carbons (Fsp3) is 1.00. The lowest BCUT2D eigenvalue weighted by Crippen LogP contribution is -2.42. The first-order chi connectivity index (χ1) is 7.53. The van der Waals surface area contributed by atoms with E-state index < -0.39 is 0 Å². The summed E-state index contributed by atoms with van der Waals surface area (Å²) in [7, 11) is 0. The molecule has 16 heavy (non-hydrogen) atoms. The van der Waals surface area contributed by atoms with Crippen molar-refractivity contribution in [2.45, 2.75) is 63.3 Å². The molecule has 0 amide bonds. The van der Waals surface area contributed by atoms with Gasteiger partial charge in [-0.3, -0.25) is 0 Å². The van der Waals surface area contributed by atoms with Crippen LogP contribution in [0.3, 0.4) is 0 Å². The second-order valence-electron chi connectivity index (χ2n) is 5.58. The minimum Gasteiger partial charge on any atom is -0.375 e. The van der Waals surface area contributed by atoms with E-state index in [4.69, 9.17) is 4.74 Å². The van der Waals surface area contributed by atoms with E-state index in [9.17, 15) is 0 Å². The molecule has 1 fully saturated rings. The third kappa shape index (κ3) is 5.55. The highest BCUT2D eigenvalue weighted by atomic mass is 32.2. The van der Waals surface area contributed by atoms with Crippen molar-refractivity contribution in [3.63, 3.8) is 0 Å². The number of thioether (sulfide) groups is 1. The van der Waals surface area contributed by atoms with Gasteiger partial charge in [0.15, 0.2) is 0 Å². The molecule has 2 unspecified atom stereocenters. The van der Waals surface area contributed by atoms with Crippen LogP contribution in [0.1, 0.15) is 46.5 Å². The summed E-state index contributed by atoms with van der Waals surface area (Å²) in [5.74, 6) is 0. The van der Waals surface area contributed by atoms with E-state index in [1.165, 1.54) is 25.7 Å². The Morgan fingerprint density at radius 2 is 1.94 bits per heavy atom. The van der Waals surface area contributed by atoms with Crippen LogP contribution in [0.15, 0.2) is 0 Å². The van der Waals surface area contributed by atoms with Gasteiger partial charge < -0.3 is 10.1 Å². The summed E-state index contributed by atoms with van der Waals surface area (Å²) in [6, 6.07) is 0.701. The summed E-state index contributed by atoms with van der Waals surface area (Å²) in [6.07, 6.45) is 7.73. The van der Waals surface area contributed by atoms with Crippen LogP contribution >= 0.6 is 11.8 Å². The highest BCUT2D eigenvalue weighted by Crippen LogP contribution is 2.26. The summed E-state index contributed by atoms with van der Waals surface area (Å²) in [5, 5.41) is 4.46. The maximum atomic E-state index is 5.72. The minimum absolute atomic E-state index is 0.00679. The summed E-state index contributed by atoms with van der Waals surface area (Å²) in [4.78, 5) is 0. The largest absolute Gasteiger partial charge is 0.375 e. The van der Waals surface area contributed by atoms with Gasteiger partial charge in [0.25, 0.3) is 0 Å². The molecule has 1 rings (SSSR count). The van der Waals surface area contributed by atoms with Gasteiger partial charge in [-0.1, -0.05) is 12.8 Å². The van der Waals surface area contributed by atoms with Crippen LogP contribution in [0.25, 0.3) is 0 Å². The zero-order valence-electron chi connectivity index (χ0n) is 11.2. The van der Waals surface area contributed by atoms with Crippen LogP contribution < -0.4 is 5.32 Å². The second kappa shape index (κ2) is 6.87. The molecule has 0 bridgehead atoms. The van der Waals surface area contributed by atoms with Crippen LogP contribution in [0, 0.1) is 0 Å². The number of rotatable bonds is 5. The maximum absolute atomic E-state index is 5.72. The molecule has 2 nitrogen and oxygen atoms in total. The molecule has 0 aromatic heterocycles. The quantitative estimate of drug-likeness (QED) is 0.752. The molecule has 0 aromatic carbocycles. The van der Waals surface area contributed by atoms with Crippen molar-refractivity contribution in [1.29, 1.82) is 0 Å². The van der Waals surface area contributed by atoms with Gasteiger partial charge in [0.1, 0.15) is 0 Å². The Hall–Kier alpha value is 0.270. The van der Waals surface area contributed by atoms with Crippen molar-refractivity contribution in [3.05, 3.63) is 0 Å². The maximum Gasteiger partial charge on any atom is 0.0599 e. The first-order valence-electron chi connectivity index (χ1n) is 6.43. The van der Waals surface area contributed by atoms with Gasteiger partial charge in [0, 0.05) is 17.8 Å². The zero-order chi connectivity index (χ0) is 12.0.